The Morgan fingerprint density at radius 3 is 2.89 bits per heavy atom. The number of pyridine rings is 1. The predicted molar refractivity (Wildman–Crippen MR) is 76.8 cm³/mol. The fourth-order valence-electron chi connectivity index (χ4n) is 2.07. The van der Waals surface area contributed by atoms with E-state index >= 15 is 0 Å². The first-order chi connectivity index (χ1) is 8.58. The standard InChI is InChI=1S/C13H19N3O2.ClH/c1-9(2)18-13(17)11-4-3-6-15-12(11)16-7-5-10(14)8-16;/h3-4,6,9-10H,5,7-8,14H2,1-2H3;1H/t10-;/m1./s1. The van der Waals surface area contributed by atoms with Crippen molar-refractivity contribution in [2.24, 2.45) is 5.73 Å². The second-order valence-electron chi connectivity index (χ2n) is 4.82. The summed E-state index contributed by atoms with van der Waals surface area (Å²) < 4.78 is 5.23. The van der Waals surface area contributed by atoms with Crippen LogP contribution < -0.4 is 10.6 Å². The summed E-state index contributed by atoms with van der Waals surface area (Å²) in [5, 5.41) is 0. The van der Waals surface area contributed by atoms with Gasteiger partial charge in [0, 0.05) is 25.3 Å². The Balaban J connectivity index is 0.00000180. The van der Waals surface area contributed by atoms with Crippen LogP contribution in [0.4, 0.5) is 5.82 Å². The lowest BCUT2D eigenvalue weighted by molar-refractivity contribution is 0.0378. The first kappa shape index (κ1) is 15.7. The van der Waals surface area contributed by atoms with Crippen LogP contribution in [0.15, 0.2) is 18.3 Å². The minimum absolute atomic E-state index is 0. The molecule has 0 spiro atoms. The van der Waals surface area contributed by atoms with Crippen molar-refractivity contribution in [3.8, 4) is 0 Å². The number of nitrogens with two attached hydrogens (primary N) is 1. The molecule has 0 bridgehead atoms. The van der Waals surface area contributed by atoms with Gasteiger partial charge in [-0.1, -0.05) is 0 Å². The van der Waals surface area contributed by atoms with E-state index < -0.39 is 0 Å². The Hall–Kier alpha value is -1.33. The minimum Gasteiger partial charge on any atom is -0.459 e. The highest BCUT2D eigenvalue weighted by Gasteiger charge is 2.25. The number of carbonyl (C=O) groups excluding carboxylic acids is 1. The number of hydrogen-bond acceptors (Lipinski definition) is 5. The van der Waals surface area contributed by atoms with E-state index in [1.807, 2.05) is 18.7 Å². The van der Waals surface area contributed by atoms with Gasteiger partial charge in [-0.2, -0.15) is 0 Å². The Labute approximate surface area is 119 Å². The second kappa shape index (κ2) is 6.73. The van der Waals surface area contributed by atoms with Crippen LogP contribution >= 0.6 is 12.4 Å². The molecule has 19 heavy (non-hydrogen) atoms. The van der Waals surface area contributed by atoms with E-state index in [0.717, 1.165) is 19.5 Å². The van der Waals surface area contributed by atoms with E-state index in [0.29, 0.717) is 11.4 Å². The number of rotatable bonds is 3. The lowest BCUT2D eigenvalue weighted by Crippen LogP contribution is -2.28. The van der Waals surface area contributed by atoms with Gasteiger partial charge < -0.3 is 15.4 Å². The predicted octanol–water partition coefficient (Wildman–Crippen LogP) is 1.61. The topological polar surface area (TPSA) is 68.5 Å². The summed E-state index contributed by atoms with van der Waals surface area (Å²) in [6.45, 7) is 5.23. The number of aromatic nitrogens is 1. The molecule has 0 aromatic carbocycles. The second-order valence-corrected chi connectivity index (χ2v) is 4.82. The molecular weight excluding hydrogens is 266 g/mol. The number of ether oxygens (including phenoxy) is 1. The van der Waals surface area contributed by atoms with Crippen LogP contribution in [0.3, 0.4) is 0 Å². The van der Waals surface area contributed by atoms with Crippen molar-refractivity contribution in [3.05, 3.63) is 23.9 Å². The Bertz CT molecular complexity index is 440. The third-order valence-electron chi connectivity index (χ3n) is 2.87. The van der Waals surface area contributed by atoms with Gasteiger partial charge in [-0.05, 0) is 32.4 Å². The SMILES string of the molecule is CC(C)OC(=O)c1cccnc1N1CC[C@@H](N)C1.Cl. The van der Waals surface area contributed by atoms with Gasteiger partial charge in [-0.25, -0.2) is 9.78 Å². The first-order valence-corrected chi connectivity index (χ1v) is 6.24. The van der Waals surface area contributed by atoms with E-state index in [1.54, 1.807) is 18.3 Å². The average molecular weight is 286 g/mol. The van der Waals surface area contributed by atoms with Crippen LogP contribution in [-0.2, 0) is 4.74 Å². The Morgan fingerprint density at radius 1 is 1.58 bits per heavy atom. The summed E-state index contributed by atoms with van der Waals surface area (Å²) in [7, 11) is 0. The average Bonchev–Trinajstić information content (AvgIpc) is 2.75. The van der Waals surface area contributed by atoms with Crippen LogP contribution in [0.2, 0.25) is 0 Å². The molecule has 2 rings (SSSR count). The molecule has 1 saturated heterocycles. The number of hydrogen-bond donors (Lipinski definition) is 1. The highest BCUT2D eigenvalue weighted by atomic mass is 35.5. The Kier molecular flexibility index (Phi) is 5.57. The molecule has 0 unspecified atom stereocenters. The number of esters is 1. The van der Waals surface area contributed by atoms with E-state index in [1.165, 1.54) is 0 Å². The highest BCUT2D eigenvalue weighted by molar-refractivity contribution is 5.94. The van der Waals surface area contributed by atoms with Crippen LogP contribution in [-0.4, -0.2) is 36.2 Å². The smallest absolute Gasteiger partial charge is 0.342 e. The molecule has 2 N–H and O–H groups in total. The van der Waals surface area contributed by atoms with E-state index in [9.17, 15) is 4.79 Å². The van der Waals surface area contributed by atoms with Gasteiger partial charge in [-0.15, -0.1) is 12.4 Å². The molecule has 0 saturated carbocycles. The molecular formula is C13H20ClN3O2. The summed E-state index contributed by atoms with van der Waals surface area (Å²) in [4.78, 5) is 18.3. The monoisotopic (exact) mass is 285 g/mol. The van der Waals surface area contributed by atoms with Crippen LogP contribution in [0, 0.1) is 0 Å². The van der Waals surface area contributed by atoms with Gasteiger partial charge in [-0.3, -0.25) is 0 Å². The maximum Gasteiger partial charge on any atom is 0.342 e. The van der Waals surface area contributed by atoms with Gasteiger partial charge in [0.15, 0.2) is 0 Å². The van der Waals surface area contributed by atoms with Gasteiger partial charge >= 0.3 is 5.97 Å². The summed E-state index contributed by atoms with van der Waals surface area (Å²) in [6, 6.07) is 3.65. The molecule has 1 aliphatic heterocycles. The van der Waals surface area contributed by atoms with E-state index in [4.69, 9.17) is 10.5 Å². The van der Waals surface area contributed by atoms with Crippen LogP contribution in [0.1, 0.15) is 30.6 Å². The maximum absolute atomic E-state index is 12.0. The zero-order chi connectivity index (χ0) is 13.1. The number of nitrogens with zero attached hydrogens (tertiary/aromatic N) is 2. The van der Waals surface area contributed by atoms with Crippen molar-refractivity contribution < 1.29 is 9.53 Å². The summed E-state index contributed by atoms with van der Waals surface area (Å²) >= 11 is 0. The Morgan fingerprint density at radius 2 is 2.32 bits per heavy atom. The fraction of sp³-hybridized carbons (Fsp3) is 0.538. The molecule has 5 nitrogen and oxygen atoms in total. The van der Waals surface area contributed by atoms with Crippen LogP contribution in [0.25, 0.3) is 0 Å². The van der Waals surface area contributed by atoms with Crippen molar-refractivity contribution in [2.45, 2.75) is 32.4 Å². The van der Waals surface area contributed by atoms with Crippen molar-refractivity contribution in [2.75, 3.05) is 18.0 Å². The number of halogens is 1. The molecule has 1 aromatic heterocycles. The van der Waals surface area contributed by atoms with Crippen molar-refractivity contribution in [1.82, 2.24) is 4.98 Å². The normalized spacial score (nSPS) is 18.3. The largest absolute Gasteiger partial charge is 0.459 e. The summed E-state index contributed by atoms with van der Waals surface area (Å²) in [5.74, 6) is 0.352. The third kappa shape index (κ3) is 3.81. The molecule has 106 valence electrons. The molecule has 1 aliphatic rings. The van der Waals surface area contributed by atoms with Gasteiger partial charge in [0.05, 0.1) is 6.10 Å². The van der Waals surface area contributed by atoms with Gasteiger partial charge in [0.25, 0.3) is 0 Å². The molecule has 6 heteroatoms. The molecule has 1 fully saturated rings. The van der Waals surface area contributed by atoms with Crippen molar-refractivity contribution >= 4 is 24.2 Å². The lowest BCUT2D eigenvalue weighted by atomic mass is 10.2. The zero-order valence-electron chi connectivity index (χ0n) is 11.2. The molecule has 2 heterocycles. The number of carbonyl (C=O) groups is 1. The summed E-state index contributed by atoms with van der Waals surface area (Å²) in [6.07, 6.45) is 2.48. The van der Waals surface area contributed by atoms with Gasteiger partial charge in [0.2, 0.25) is 0 Å². The molecule has 0 radical (unpaired) electrons. The molecule has 0 amide bonds. The molecule has 1 aromatic rings. The van der Waals surface area contributed by atoms with Crippen LogP contribution in [0.5, 0.6) is 0 Å². The minimum atomic E-state index is -0.325. The first-order valence-electron chi connectivity index (χ1n) is 6.24. The van der Waals surface area contributed by atoms with Gasteiger partial charge in [0.1, 0.15) is 11.4 Å². The van der Waals surface area contributed by atoms with Crippen molar-refractivity contribution in [3.63, 3.8) is 0 Å². The quantitative estimate of drug-likeness (QED) is 0.855. The maximum atomic E-state index is 12.0. The molecule has 1 atom stereocenters. The zero-order valence-corrected chi connectivity index (χ0v) is 12.0. The third-order valence-corrected chi connectivity index (χ3v) is 2.87. The fourth-order valence-corrected chi connectivity index (χ4v) is 2.07. The van der Waals surface area contributed by atoms with Crippen molar-refractivity contribution in [1.29, 1.82) is 0 Å². The van der Waals surface area contributed by atoms with E-state index in [-0.39, 0.29) is 30.5 Å². The van der Waals surface area contributed by atoms with E-state index in [2.05, 4.69) is 4.98 Å². The lowest BCUT2D eigenvalue weighted by Gasteiger charge is -2.19. The number of anilines is 1. The highest BCUT2D eigenvalue weighted by Crippen LogP contribution is 2.22. The molecule has 0 aliphatic carbocycles. The summed E-state index contributed by atoms with van der Waals surface area (Å²) in [5.41, 5.74) is 6.40.